The molecule has 9 heteroatoms. The van der Waals surface area contributed by atoms with Gasteiger partial charge in [-0.2, -0.15) is 4.98 Å². The number of carbonyl (C=O) groups excluding carboxylic acids is 1. The molecule has 0 aliphatic heterocycles. The van der Waals surface area contributed by atoms with Crippen molar-refractivity contribution in [3.63, 3.8) is 0 Å². The van der Waals surface area contributed by atoms with E-state index >= 15 is 0 Å². The number of thiazole rings is 1. The highest BCUT2D eigenvalue weighted by atomic mass is 32.1. The van der Waals surface area contributed by atoms with Gasteiger partial charge in [-0.1, -0.05) is 43.3 Å². The van der Waals surface area contributed by atoms with Crippen LogP contribution in [0.15, 0.2) is 52.4 Å². The van der Waals surface area contributed by atoms with E-state index in [0.29, 0.717) is 28.2 Å². The second kappa shape index (κ2) is 9.83. The fraction of sp³-hybridized carbons (Fsp3) is 0.250. The van der Waals surface area contributed by atoms with Crippen molar-refractivity contribution in [2.45, 2.75) is 26.4 Å². The van der Waals surface area contributed by atoms with Crippen LogP contribution in [0.4, 0.5) is 0 Å². The van der Waals surface area contributed by atoms with E-state index in [2.05, 4.69) is 29.0 Å². The van der Waals surface area contributed by atoms with Gasteiger partial charge in [-0.15, -0.1) is 11.3 Å². The number of aromatic nitrogens is 3. The summed E-state index contributed by atoms with van der Waals surface area (Å²) in [6, 6.07) is 13.4. The number of nitrogens with zero attached hydrogens (tertiary/aromatic N) is 3. The lowest BCUT2D eigenvalue weighted by molar-refractivity contribution is 0.0424. The number of hydrogen-bond donors (Lipinski definition) is 0. The zero-order chi connectivity index (χ0) is 23.4. The summed E-state index contributed by atoms with van der Waals surface area (Å²) in [5.74, 6) is 1.73. The van der Waals surface area contributed by atoms with Crippen molar-refractivity contribution >= 4 is 17.3 Å². The van der Waals surface area contributed by atoms with Crippen LogP contribution in [0.5, 0.6) is 11.5 Å². The second-order valence-corrected chi connectivity index (χ2v) is 8.33. The average Bonchev–Trinajstić information content (AvgIpc) is 3.52. The van der Waals surface area contributed by atoms with Crippen LogP contribution < -0.4 is 9.47 Å². The summed E-state index contributed by atoms with van der Waals surface area (Å²) in [4.78, 5) is 21.1. The number of methoxy groups -OCH3 is 2. The van der Waals surface area contributed by atoms with Crippen LogP contribution >= 0.6 is 11.3 Å². The van der Waals surface area contributed by atoms with Crippen molar-refractivity contribution in [3.05, 3.63) is 65.0 Å². The molecular formula is C24H23N3O5S. The van der Waals surface area contributed by atoms with Gasteiger partial charge in [0.1, 0.15) is 5.01 Å². The monoisotopic (exact) mass is 465 g/mol. The van der Waals surface area contributed by atoms with Crippen molar-refractivity contribution in [3.8, 4) is 33.5 Å². The Hall–Kier alpha value is -3.72. The molecular weight excluding hydrogens is 442 g/mol. The lowest BCUT2D eigenvalue weighted by atomic mass is 10.0. The number of rotatable bonds is 8. The molecule has 0 aliphatic carbocycles. The van der Waals surface area contributed by atoms with E-state index < -0.39 is 5.97 Å². The molecule has 0 N–H and O–H groups in total. The van der Waals surface area contributed by atoms with Crippen molar-refractivity contribution in [1.82, 2.24) is 15.1 Å². The summed E-state index contributed by atoms with van der Waals surface area (Å²) in [5, 5.41) is 6.28. The first-order chi connectivity index (χ1) is 16.0. The predicted octanol–water partition coefficient (Wildman–Crippen LogP) is 5.36. The molecule has 8 nitrogen and oxygen atoms in total. The lowest BCUT2D eigenvalue weighted by Crippen LogP contribution is -2.06. The molecule has 0 bridgehead atoms. The van der Waals surface area contributed by atoms with Gasteiger partial charge >= 0.3 is 5.97 Å². The van der Waals surface area contributed by atoms with Crippen LogP contribution in [0.2, 0.25) is 0 Å². The summed E-state index contributed by atoms with van der Waals surface area (Å²) in [6.07, 6.45) is 0. The van der Waals surface area contributed by atoms with Crippen molar-refractivity contribution in [1.29, 1.82) is 0 Å². The third-order valence-corrected chi connectivity index (χ3v) is 5.87. The molecule has 170 valence electrons. The highest BCUT2D eigenvalue weighted by Crippen LogP contribution is 2.33. The summed E-state index contributed by atoms with van der Waals surface area (Å²) in [5.41, 5.74) is 3.07. The second-order valence-electron chi connectivity index (χ2n) is 7.47. The van der Waals surface area contributed by atoms with Crippen LogP contribution in [0, 0.1) is 0 Å². The number of ether oxygens (including phenoxy) is 3. The minimum atomic E-state index is -0.570. The van der Waals surface area contributed by atoms with Gasteiger partial charge < -0.3 is 18.7 Å². The Labute approximate surface area is 195 Å². The van der Waals surface area contributed by atoms with E-state index in [1.807, 2.05) is 30.3 Å². The quantitative estimate of drug-likeness (QED) is 0.321. The minimum absolute atomic E-state index is 0.140. The van der Waals surface area contributed by atoms with E-state index in [4.69, 9.17) is 18.7 Å². The summed E-state index contributed by atoms with van der Waals surface area (Å²) in [6.45, 7) is 4.13. The first-order valence-corrected chi connectivity index (χ1v) is 11.1. The minimum Gasteiger partial charge on any atom is -0.493 e. The molecule has 0 radical (unpaired) electrons. The fourth-order valence-corrected chi connectivity index (χ4v) is 3.90. The van der Waals surface area contributed by atoms with Gasteiger partial charge in [-0.05, 0) is 29.7 Å². The molecule has 0 saturated heterocycles. The third kappa shape index (κ3) is 5.04. The molecule has 0 fully saturated rings. The van der Waals surface area contributed by atoms with Gasteiger partial charge in [0.15, 0.2) is 23.8 Å². The molecule has 2 aromatic carbocycles. The van der Waals surface area contributed by atoms with Crippen LogP contribution in [-0.2, 0) is 11.3 Å². The normalized spacial score (nSPS) is 10.9. The maximum atomic E-state index is 12.5. The molecule has 2 aromatic heterocycles. The van der Waals surface area contributed by atoms with E-state index in [1.165, 1.54) is 16.9 Å². The fourth-order valence-electron chi connectivity index (χ4n) is 3.12. The Morgan fingerprint density at radius 1 is 1.00 bits per heavy atom. The van der Waals surface area contributed by atoms with Crippen LogP contribution in [0.3, 0.4) is 0 Å². The Kier molecular flexibility index (Phi) is 6.69. The van der Waals surface area contributed by atoms with Gasteiger partial charge in [0.25, 0.3) is 5.89 Å². The Morgan fingerprint density at radius 3 is 2.42 bits per heavy atom. The zero-order valence-electron chi connectivity index (χ0n) is 18.7. The van der Waals surface area contributed by atoms with Crippen LogP contribution in [0.25, 0.3) is 22.0 Å². The van der Waals surface area contributed by atoms with Gasteiger partial charge in [0, 0.05) is 16.5 Å². The first kappa shape index (κ1) is 22.5. The highest BCUT2D eigenvalue weighted by Gasteiger charge is 2.17. The highest BCUT2D eigenvalue weighted by molar-refractivity contribution is 7.13. The van der Waals surface area contributed by atoms with Crippen molar-refractivity contribution in [2.75, 3.05) is 14.2 Å². The van der Waals surface area contributed by atoms with Gasteiger partial charge in [0.05, 0.1) is 14.2 Å². The Morgan fingerprint density at radius 2 is 1.73 bits per heavy atom. The first-order valence-electron chi connectivity index (χ1n) is 10.3. The smallest absolute Gasteiger partial charge is 0.358 e. The van der Waals surface area contributed by atoms with Crippen LogP contribution in [0.1, 0.15) is 41.7 Å². The molecule has 0 atom stereocenters. The number of benzene rings is 2. The summed E-state index contributed by atoms with van der Waals surface area (Å²) in [7, 11) is 3.14. The van der Waals surface area contributed by atoms with E-state index in [9.17, 15) is 4.79 Å². The maximum Gasteiger partial charge on any atom is 0.358 e. The number of carbonyl (C=O) groups is 1. The molecule has 0 spiro atoms. The van der Waals surface area contributed by atoms with Crippen molar-refractivity contribution < 1.29 is 23.5 Å². The summed E-state index contributed by atoms with van der Waals surface area (Å²) < 4.78 is 21.1. The van der Waals surface area contributed by atoms with Gasteiger partial charge in [0.2, 0.25) is 5.82 Å². The topological polar surface area (TPSA) is 96.6 Å². The third-order valence-electron chi connectivity index (χ3n) is 4.97. The molecule has 0 unspecified atom stereocenters. The van der Waals surface area contributed by atoms with Gasteiger partial charge in [-0.25, -0.2) is 9.78 Å². The molecule has 0 amide bonds. The lowest BCUT2D eigenvalue weighted by Gasteiger charge is -2.08. The van der Waals surface area contributed by atoms with E-state index in [-0.39, 0.29) is 18.2 Å². The average molecular weight is 466 g/mol. The van der Waals surface area contributed by atoms with Gasteiger partial charge in [-0.3, -0.25) is 0 Å². The summed E-state index contributed by atoms with van der Waals surface area (Å²) >= 11 is 1.33. The van der Waals surface area contributed by atoms with Crippen LogP contribution in [-0.4, -0.2) is 35.3 Å². The van der Waals surface area contributed by atoms with E-state index in [1.54, 1.807) is 31.7 Å². The Balaban J connectivity index is 1.40. The predicted molar refractivity (Wildman–Crippen MR) is 124 cm³/mol. The number of esters is 1. The molecule has 0 aliphatic rings. The molecule has 4 rings (SSSR count). The standard InChI is InChI=1S/C24H23N3O5S/c1-14(2)15-5-7-16(8-6-15)22-26-21(32-27-22)12-31-24(28)18-13-33-23(25-18)17-9-10-19(29-3)20(11-17)30-4/h5-11,13-14H,12H2,1-4H3. The zero-order valence-corrected chi connectivity index (χ0v) is 19.5. The molecule has 0 saturated carbocycles. The van der Waals surface area contributed by atoms with E-state index in [0.717, 1.165) is 11.1 Å². The Bertz CT molecular complexity index is 1250. The number of hydrogen-bond acceptors (Lipinski definition) is 9. The SMILES string of the molecule is COc1ccc(-c2nc(C(=O)OCc3nc(-c4ccc(C(C)C)cc4)no3)cs2)cc1OC. The van der Waals surface area contributed by atoms with Crippen molar-refractivity contribution in [2.24, 2.45) is 0 Å². The molecule has 4 aromatic rings. The molecule has 33 heavy (non-hydrogen) atoms. The molecule has 2 heterocycles. The maximum absolute atomic E-state index is 12.5. The largest absolute Gasteiger partial charge is 0.493 e.